The molecule has 2 nitrogen and oxygen atoms in total. The molecule has 1 aliphatic heterocycles. The van der Waals surface area contributed by atoms with Crippen LogP contribution in [0.1, 0.15) is 40.6 Å². The molecule has 0 saturated carbocycles. The molecule has 1 heterocycles. The standard InChI is InChI=1S/C20H20BrNO/c1-11-6-8-16-14-4-3-5-15(14)20(22-19(16)12(11)2)17-10-13(21)7-9-18(17)23/h3-4,6-10,14-15,20,22-23H,5H2,1-2H3. The monoisotopic (exact) mass is 369 g/mol. The van der Waals surface area contributed by atoms with Crippen LogP contribution in [-0.2, 0) is 0 Å². The Balaban J connectivity index is 1.87. The highest BCUT2D eigenvalue weighted by Crippen LogP contribution is 2.52. The Morgan fingerprint density at radius 3 is 2.78 bits per heavy atom. The van der Waals surface area contributed by atoms with E-state index in [4.69, 9.17) is 0 Å². The van der Waals surface area contributed by atoms with Crippen LogP contribution in [0.3, 0.4) is 0 Å². The first kappa shape index (κ1) is 14.8. The van der Waals surface area contributed by atoms with Gasteiger partial charge < -0.3 is 10.4 Å². The van der Waals surface area contributed by atoms with Gasteiger partial charge >= 0.3 is 0 Å². The predicted molar refractivity (Wildman–Crippen MR) is 98.1 cm³/mol. The molecule has 3 heteroatoms. The first-order chi connectivity index (χ1) is 11.1. The van der Waals surface area contributed by atoms with E-state index in [1.165, 1.54) is 22.4 Å². The van der Waals surface area contributed by atoms with E-state index in [9.17, 15) is 5.11 Å². The number of aryl methyl sites for hydroxylation is 1. The number of aromatic hydroxyl groups is 1. The minimum Gasteiger partial charge on any atom is -0.508 e. The van der Waals surface area contributed by atoms with Crippen molar-refractivity contribution in [3.05, 3.63) is 69.2 Å². The molecule has 2 aromatic rings. The van der Waals surface area contributed by atoms with Crippen LogP contribution >= 0.6 is 15.9 Å². The number of allylic oxidation sites excluding steroid dienone is 2. The van der Waals surface area contributed by atoms with Gasteiger partial charge in [0.15, 0.2) is 0 Å². The average Bonchev–Trinajstić information content (AvgIpc) is 3.02. The van der Waals surface area contributed by atoms with E-state index >= 15 is 0 Å². The van der Waals surface area contributed by atoms with E-state index in [2.05, 4.69) is 59.4 Å². The zero-order valence-corrected chi connectivity index (χ0v) is 14.9. The molecule has 0 radical (unpaired) electrons. The topological polar surface area (TPSA) is 32.3 Å². The van der Waals surface area contributed by atoms with Crippen LogP contribution < -0.4 is 5.32 Å². The number of anilines is 1. The van der Waals surface area contributed by atoms with E-state index in [-0.39, 0.29) is 6.04 Å². The number of rotatable bonds is 1. The van der Waals surface area contributed by atoms with E-state index in [1.807, 2.05) is 12.1 Å². The number of hydrogen-bond donors (Lipinski definition) is 2. The Morgan fingerprint density at radius 1 is 1.13 bits per heavy atom. The molecule has 0 spiro atoms. The van der Waals surface area contributed by atoms with Crippen molar-refractivity contribution < 1.29 is 5.11 Å². The summed E-state index contributed by atoms with van der Waals surface area (Å²) in [6.07, 6.45) is 5.66. The van der Waals surface area contributed by atoms with Gasteiger partial charge in [-0.1, -0.05) is 40.2 Å². The second-order valence-electron chi connectivity index (χ2n) is 6.65. The van der Waals surface area contributed by atoms with Gasteiger partial charge in [0, 0.05) is 21.6 Å². The fraction of sp³-hybridized carbons (Fsp3) is 0.300. The molecule has 2 aliphatic rings. The Labute approximate surface area is 145 Å². The van der Waals surface area contributed by atoms with Gasteiger partial charge in [-0.15, -0.1) is 0 Å². The summed E-state index contributed by atoms with van der Waals surface area (Å²) in [4.78, 5) is 0. The zero-order valence-electron chi connectivity index (χ0n) is 13.3. The van der Waals surface area contributed by atoms with Crippen molar-refractivity contribution in [2.45, 2.75) is 32.2 Å². The summed E-state index contributed by atoms with van der Waals surface area (Å²) in [5.41, 5.74) is 6.21. The number of phenols is 1. The molecule has 4 rings (SSSR count). The van der Waals surface area contributed by atoms with Crippen LogP contribution in [0.15, 0.2) is 47.0 Å². The predicted octanol–water partition coefficient (Wildman–Crippen LogP) is 5.60. The van der Waals surface area contributed by atoms with Crippen LogP contribution in [0.25, 0.3) is 0 Å². The number of hydrogen-bond acceptors (Lipinski definition) is 2. The second-order valence-corrected chi connectivity index (χ2v) is 7.57. The fourth-order valence-electron chi connectivity index (χ4n) is 4.00. The molecule has 0 fully saturated rings. The summed E-state index contributed by atoms with van der Waals surface area (Å²) in [6.45, 7) is 4.33. The van der Waals surface area contributed by atoms with Crippen molar-refractivity contribution in [2.24, 2.45) is 5.92 Å². The van der Waals surface area contributed by atoms with Gasteiger partial charge in [0.25, 0.3) is 0 Å². The van der Waals surface area contributed by atoms with Gasteiger partial charge in [0.2, 0.25) is 0 Å². The van der Waals surface area contributed by atoms with Gasteiger partial charge in [0.1, 0.15) is 5.75 Å². The molecule has 2 N–H and O–H groups in total. The third kappa shape index (κ3) is 2.29. The zero-order chi connectivity index (χ0) is 16.1. The van der Waals surface area contributed by atoms with Crippen molar-refractivity contribution in [1.29, 1.82) is 0 Å². The summed E-state index contributed by atoms with van der Waals surface area (Å²) in [7, 11) is 0. The van der Waals surface area contributed by atoms with Crippen molar-refractivity contribution in [2.75, 3.05) is 5.32 Å². The first-order valence-electron chi connectivity index (χ1n) is 8.08. The van der Waals surface area contributed by atoms with E-state index in [0.717, 1.165) is 16.5 Å². The largest absolute Gasteiger partial charge is 0.508 e. The Bertz CT molecular complexity index is 812. The van der Waals surface area contributed by atoms with Crippen molar-refractivity contribution in [3.8, 4) is 5.75 Å². The first-order valence-corrected chi connectivity index (χ1v) is 8.87. The molecule has 118 valence electrons. The number of nitrogens with one attached hydrogen (secondary N) is 1. The van der Waals surface area contributed by atoms with Gasteiger partial charge in [-0.25, -0.2) is 0 Å². The van der Waals surface area contributed by atoms with E-state index in [1.54, 1.807) is 6.07 Å². The van der Waals surface area contributed by atoms with Crippen LogP contribution in [0.4, 0.5) is 5.69 Å². The van der Waals surface area contributed by atoms with Crippen LogP contribution in [-0.4, -0.2) is 5.11 Å². The molecule has 23 heavy (non-hydrogen) atoms. The molecule has 0 aromatic heterocycles. The molecule has 0 amide bonds. The molecule has 1 aliphatic carbocycles. The van der Waals surface area contributed by atoms with Gasteiger partial charge in [-0.3, -0.25) is 0 Å². The lowest BCUT2D eigenvalue weighted by Crippen LogP contribution is -2.29. The SMILES string of the molecule is Cc1ccc2c(c1C)NC(c1cc(Br)ccc1O)C1CC=CC21. The Hall–Kier alpha value is -1.74. The lowest BCUT2D eigenvalue weighted by molar-refractivity contribution is 0.402. The fourth-order valence-corrected chi connectivity index (χ4v) is 4.38. The van der Waals surface area contributed by atoms with Crippen LogP contribution in [0.2, 0.25) is 0 Å². The van der Waals surface area contributed by atoms with E-state index in [0.29, 0.717) is 17.6 Å². The van der Waals surface area contributed by atoms with Crippen molar-refractivity contribution in [3.63, 3.8) is 0 Å². The average molecular weight is 370 g/mol. The highest BCUT2D eigenvalue weighted by molar-refractivity contribution is 9.10. The highest BCUT2D eigenvalue weighted by atomic mass is 79.9. The molecular formula is C20H20BrNO. The molecule has 2 aromatic carbocycles. The maximum absolute atomic E-state index is 10.4. The van der Waals surface area contributed by atoms with Gasteiger partial charge in [-0.05, 0) is 61.1 Å². The molecule has 0 bridgehead atoms. The lowest BCUT2D eigenvalue weighted by atomic mass is 9.76. The van der Waals surface area contributed by atoms with E-state index < -0.39 is 0 Å². The lowest BCUT2D eigenvalue weighted by Gasteiger charge is -2.39. The summed E-state index contributed by atoms with van der Waals surface area (Å²) < 4.78 is 1.00. The second kappa shape index (κ2) is 5.41. The molecule has 0 saturated heterocycles. The number of phenolic OH excluding ortho intramolecular Hbond substituents is 1. The summed E-state index contributed by atoms with van der Waals surface area (Å²) in [6, 6.07) is 10.3. The van der Waals surface area contributed by atoms with Gasteiger partial charge in [0.05, 0.1) is 6.04 Å². The highest BCUT2D eigenvalue weighted by Gasteiger charge is 2.39. The molecule has 3 unspecified atom stereocenters. The van der Waals surface area contributed by atoms with Crippen LogP contribution in [0, 0.1) is 19.8 Å². The third-order valence-electron chi connectivity index (χ3n) is 5.39. The number of halogens is 1. The van der Waals surface area contributed by atoms with Crippen LogP contribution in [0.5, 0.6) is 5.75 Å². The molecule has 3 atom stereocenters. The summed E-state index contributed by atoms with van der Waals surface area (Å²) in [5.74, 6) is 1.24. The third-order valence-corrected chi connectivity index (χ3v) is 5.89. The summed E-state index contributed by atoms with van der Waals surface area (Å²) >= 11 is 3.54. The summed E-state index contributed by atoms with van der Waals surface area (Å²) in [5, 5.41) is 14.1. The normalized spacial score (nSPS) is 24.9. The van der Waals surface area contributed by atoms with Gasteiger partial charge in [-0.2, -0.15) is 0 Å². The molecular weight excluding hydrogens is 350 g/mol. The maximum atomic E-state index is 10.4. The van der Waals surface area contributed by atoms with Crippen molar-refractivity contribution in [1.82, 2.24) is 0 Å². The Morgan fingerprint density at radius 2 is 1.96 bits per heavy atom. The maximum Gasteiger partial charge on any atom is 0.120 e. The number of benzene rings is 2. The van der Waals surface area contributed by atoms with Crippen molar-refractivity contribution >= 4 is 21.6 Å². The Kier molecular flexibility index (Phi) is 3.49. The minimum absolute atomic E-state index is 0.125. The smallest absolute Gasteiger partial charge is 0.120 e. The quantitative estimate of drug-likeness (QED) is 0.641. The number of fused-ring (bicyclic) bond motifs is 3. The minimum atomic E-state index is 0.125.